The van der Waals surface area contributed by atoms with Gasteiger partial charge in [-0.25, -0.2) is 0 Å². The molecule has 0 fully saturated rings. The predicted molar refractivity (Wildman–Crippen MR) is 88.2 cm³/mol. The fourth-order valence-electron chi connectivity index (χ4n) is 2.44. The van der Waals surface area contributed by atoms with Crippen molar-refractivity contribution in [2.45, 2.75) is 51.1 Å². The van der Waals surface area contributed by atoms with Gasteiger partial charge in [0.1, 0.15) is 0 Å². The molecule has 0 saturated heterocycles. The molecule has 1 radical (unpaired) electrons. The lowest BCUT2D eigenvalue weighted by atomic mass is 10.0. The van der Waals surface area contributed by atoms with E-state index in [1.807, 2.05) is 0 Å². The number of hydrogen-bond donors (Lipinski definition) is 2. The van der Waals surface area contributed by atoms with E-state index in [1.165, 1.54) is 6.07 Å². The standard InChI is InChI=1S/C17H25F3N3O/c18-17(19,20)14-12-13(8-9-15(14)21)6-3-1-2-4-10-23-11-5-7-16(22)24/h8-9,12,22-23H,1-7,10-11,21H2. The summed E-state index contributed by atoms with van der Waals surface area (Å²) < 4.78 is 38.3. The molecule has 0 aliphatic heterocycles. The van der Waals surface area contributed by atoms with Crippen LogP contribution < -0.4 is 16.8 Å². The van der Waals surface area contributed by atoms with E-state index in [0.717, 1.165) is 44.8 Å². The first-order valence-corrected chi connectivity index (χ1v) is 8.21. The summed E-state index contributed by atoms with van der Waals surface area (Å²) in [6.45, 7) is 1.59. The number of halogens is 3. The van der Waals surface area contributed by atoms with Crippen molar-refractivity contribution in [3.05, 3.63) is 29.3 Å². The lowest BCUT2D eigenvalue weighted by Crippen LogP contribution is -2.17. The molecule has 4 nitrogen and oxygen atoms in total. The van der Waals surface area contributed by atoms with E-state index in [1.54, 1.807) is 6.07 Å². The van der Waals surface area contributed by atoms with Crippen molar-refractivity contribution in [3.63, 3.8) is 0 Å². The minimum atomic E-state index is -4.41. The lowest BCUT2D eigenvalue weighted by molar-refractivity contribution is -0.137. The Morgan fingerprint density at radius 2 is 1.75 bits per heavy atom. The second-order valence-corrected chi connectivity index (χ2v) is 5.86. The van der Waals surface area contributed by atoms with Gasteiger partial charge in [0, 0.05) is 12.1 Å². The van der Waals surface area contributed by atoms with Gasteiger partial charge in [-0.2, -0.15) is 13.2 Å². The topological polar surface area (TPSA) is 78.9 Å². The predicted octanol–water partition coefficient (Wildman–Crippen LogP) is 3.57. The summed E-state index contributed by atoms with van der Waals surface area (Å²) in [5.41, 5.74) is 11.8. The second kappa shape index (κ2) is 10.2. The van der Waals surface area contributed by atoms with Crippen LogP contribution in [0.25, 0.3) is 0 Å². The number of aryl methyl sites for hydroxylation is 1. The zero-order valence-electron chi connectivity index (χ0n) is 13.7. The highest BCUT2D eigenvalue weighted by atomic mass is 19.4. The van der Waals surface area contributed by atoms with Crippen LogP contribution >= 0.6 is 0 Å². The van der Waals surface area contributed by atoms with Crippen LogP contribution in [0.15, 0.2) is 18.2 Å². The van der Waals surface area contributed by atoms with Crippen molar-refractivity contribution in [2.24, 2.45) is 0 Å². The number of benzene rings is 1. The molecule has 7 heteroatoms. The third kappa shape index (κ3) is 8.19. The highest BCUT2D eigenvalue weighted by Gasteiger charge is 2.32. The summed E-state index contributed by atoms with van der Waals surface area (Å²) in [5.74, 6) is -0.534. The molecule has 1 aromatic rings. The Balaban J connectivity index is 2.14. The van der Waals surface area contributed by atoms with Crippen LogP contribution in [0.4, 0.5) is 18.9 Å². The van der Waals surface area contributed by atoms with Gasteiger partial charge < -0.3 is 11.1 Å². The van der Waals surface area contributed by atoms with Crippen molar-refractivity contribution in [3.8, 4) is 0 Å². The first-order valence-electron chi connectivity index (χ1n) is 8.21. The zero-order chi connectivity index (χ0) is 18.0. The van der Waals surface area contributed by atoms with Crippen LogP contribution in [0.1, 0.15) is 49.7 Å². The highest BCUT2D eigenvalue weighted by Crippen LogP contribution is 2.34. The minimum absolute atomic E-state index is 0.232. The fourth-order valence-corrected chi connectivity index (χ4v) is 2.44. The van der Waals surface area contributed by atoms with Gasteiger partial charge in [-0.1, -0.05) is 18.9 Å². The van der Waals surface area contributed by atoms with E-state index < -0.39 is 17.6 Å². The Labute approximate surface area is 140 Å². The lowest BCUT2D eigenvalue weighted by Gasteiger charge is -2.11. The Kier molecular flexibility index (Phi) is 8.60. The molecule has 0 bridgehead atoms. The van der Waals surface area contributed by atoms with Crippen molar-refractivity contribution < 1.29 is 18.0 Å². The Morgan fingerprint density at radius 1 is 1.08 bits per heavy atom. The summed E-state index contributed by atoms with van der Waals surface area (Å²) in [6, 6.07) is 4.12. The summed E-state index contributed by atoms with van der Waals surface area (Å²) in [5, 5.41) is 3.21. The van der Waals surface area contributed by atoms with E-state index in [4.69, 9.17) is 11.5 Å². The molecule has 0 saturated carbocycles. The maximum Gasteiger partial charge on any atom is 0.418 e. The van der Waals surface area contributed by atoms with E-state index in [2.05, 4.69) is 5.32 Å². The van der Waals surface area contributed by atoms with Crippen molar-refractivity contribution >= 4 is 11.6 Å². The third-order valence-electron chi connectivity index (χ3n) is 3.75. The van der Waals surface area contributed by atoms with Crippen LogP contribution in [-0.4, -0.2) is 19.0 Å². The summed E-state index contributed by atoms with van der Waals surface area (Å²) in [7, 11) is 0. The number of alkyl halides is 3. The molecular formula is C17H25F3N3O. The van der Waals surface area contributed by atoms with E-state index in [9.17, 15) is 18.0 Å². The van der Waals surface area contributed by atoms with Crippen LogP contribution in [-0.2, 0) is 17.4 Å². The van der Waals surface area contributed by atoms with Crippen molar-refractivity contribution in [1.29, 1.82) is 0 Å². The SMILES string of the molecule is [NH]C(=O)CCCNCCCCCCc1ccc(N)c(C(F)(F)F)c1. The molecule has 0 unspecified atom stereocenters. The second-order valence-electron chi connectivity index (χ2n) is 5.86. The summed E-state index contributed by atoms with van der Waals surface area (Å²) >= 11 is 0. The van der Waals surface area contributed by atoms with Gasteiger partial charge >= 0.3 is 6.18 Å². The number of nitrogen functional groups attached to an aromatic ring is 1. The third-order valence-corrected chi connectivity index (χ3v) is 3.75. The van der Waals surface area contributed by atoms with Crippen molar-refractivity contribution in [2.75, 3.05) is 18.8 Å². The number of nitrogens with one attached hydrogen (secondary N) is 2. The van der Waals surface area contributed by atoms with Gasteiger partial charge in [0.05, 0.1) is 5.56 Å². The van der Waals surface area contributed by atoms with Crippen LogP contribution in [0.3, 0.4) is 0 Å². The molecule has 0 atom stereocenters. The first kappa shape index (κ1) is 20.3. The summed E-state index contributed by atoms with van der Waals surface area (Å²) in [4.78, 5) is 10.4. The first-order chi connectivity index (χ1) is 11.3. The number of rotatable bonds is 11. The number of nitrogens with two attached hydrogens (primary N) is 1. The number of unbranched alkanes of at least 4 members (excludes halogenated alkanes) is 3. The maximum absolute atomic E-state index is 12.8. The Morgan fingerprint density at radius 3 is 2.42 bits per heavy atom. The van der Waals surface area contributed by atoms with E-state index in [-0.39, 0.29) is 12.1 Å². The molecule has 1 amide bonds. The molecule has 1 rings (SSSR count). The van der Waals surface area contributed by atoms with Gasteiger partial charge in [0.15, 0.2) is 0 Å². The van der Waals surface area contributed by atoms with Crippen LogP contribution in [0.5, 0.6) is 0 Å². The molecular weight excluding hydrogens is 319 g/mol. The fraction of sp³-hybridized carbons (Fsp3) is 0.588. The molecule has 0 aliphatic rings. The minimum Gasteiger partial charge on any atom is -0.398 e. The van der Waals surface area contributed by atoms with Crippen LogP contribution in [0.2, 0.25) is 0 Å². The van der Waals surface area contributed by atoms with E-state index in [0.29, 0.717) is 18.4 Å². The number of carbonyl (C=O) groups is 1. The van der Waals surface area contributed by atoms with Gasteiger partial charge in [0.25, 0.3) is 0 Å². The smallest absolute Gasteiger partial charge is 0.398 e. The van der Waals surface area contributed by atoms with E-state index >= 15 is 0 Å². The van der Waals surface area contributed by atoms with Gasteiger partial charge in [-0.3, -0.25) is 10.5 Å². The largest absolute Gasteiger partial charge is 0.418 e. The zero-order valence-corrected chi connectivity index (χ0v) is 13.7. The number of anilines is 1. The molecule has 0 aromatic heterocycles. The van der Waals surface area contributed by atoms with Gasteiger partial charge in [-0.15, -0.1) is 0 Å². The van der Waals surface area contributed by atoms with Crippen molar-refractivity contribution in [1.82, 2.24) is 11.1 Å². The molecule has 135 valence electrons. The normalized spacial score (nSPS) is 11.6. The number of carbonyl (C=O) groups excluding carboxylic acids is 1. The molecule has 1 aromatic carbocycles. The molecule has 0 spiro atoms. The summed E-state index contributed by atoms with van der Waals surface area (Å²) in [6.07, 6.45) is 0.970. The molecule has 0 heterocycles. The van der Waals surface area contributed by atoms with Gasteiger partial charge in [-0.05, 0) is 56.5 Å². The Bertz CT molecular complexity index is 518. The quantitative estimate of drug-likeness (QED) is 0.476. The maximum atomic E-state index is 12.8. The number of hydrogen-bond acceptors (Lipinski definition) is 3. The highest BCUT2D eigenvalue weighted by molar-refractivity contribution is 5.72. The number of amides is 1. The Hall–Kier alpha value is -1.76. The average molecular weight is 344 g/mol. The van der Waals surface area contributed by atoms with Gasteiger partial charge in [0.2, 0.25) is 5.91 Å². The molecule has 0 aliphatic carbocycles. The molecule has 4 N–H and O–H groups in total. The monoisotopic (exact) mass is 344 g/mol. The van der Waals surface area contributed by atoms with Crippen LogP contribution in [0, 0.1) is 0 Å². The average Bonchev–Trinajstić information content (AvgIpc) is 2.49. The molecule has 24 heavy (non-hydrogen) atoms.